The van der Waals surface area contributed by atoms with Gasteiger partial charge < -0.3 is 10.2 Å². The van der Waals surface area contributed by atoms with Crippen LogP contribution >= 0.6 is 0 Å². The molecule has 1 rings (SSSR count). The third-order valence-electron chi connectivity index (χ3n) is 1.95. The summed E-state index contributed by atoms with van der Waals surface area (Å²) in [6.45, 7) is 10.4. The van der Waals surface area contributed by atoms with Crippen LogP contribution in [0.25, 0.3) is 4.85 Å². The minimum Gasteiger partial charge on any atom is -0.315 e. The molecule has 0 aliphatic carbocycles. The molecule has 1 aliphatic heterocycles. The van der Waals surface area contributed by atoms with Crippen LogP contribution in [0, 0.1) is 6.57 Å². The molecular formula is C7H13N3. The molecule has 0 bridgehead atoms. The van der Waals surface area contributed by atoms with E-state index in [1.54, 1.807) is 0 Å². The third-order valence-corrected chi connectivity index (χ3v) is 1.95. The van der Waals surface area contributed by atoms with Crippen LogP contribution < -0.4 is 5.32 Å². The predicted octanol–water partition coefficient (Wildman–Crippen LogP) is -0.191. The zero-order valence-electron chi connectivity index (χ0n) is 6.30. The Morgan fingerprint density at radius 2 is 2.60 bits per heavy atom. The van der Waals surface area contributed by atoms with Crippen molar-refractivity contribution in [1.29, 1.82) is 0 Å². The monoisotopic (exact) mass is 139 g/mol. The number of hydrogen-bond acceptors (Lipinski definition) is 2. The SMILES string of the molecule is [C-]#[N+]C[C@H]1CNCCN1C. The first-order chi connectivity index (χ1) is 4.84. The van der Waals surface area contributed by atoms with Crippen molar-refractivity contribution in [1.82, 2.24) is 10.2 Å². The molecule has 56 valence electrons. The molecular weight excluding hydrogens is 126 g/mol. The summed E-state index contributed by atoms with van der Waals surface area (Å²) in [6.07, 6.45) is 0. The predicted molar refractivity (Wildman–Crippen MR) is 40.8 cm³/mol. The van der Waals surface area contributed by atoms with E-state index in [4.69, 9.17) is 6.57 Å². The van der Waals surface area contributed by atoms with Gasteiger partial charge in [0.05, 0.1) is 6.04 Å². The molecule has 1 N–H and O–H groups in total. The fourth-order valence-electron chi connectivity index (χ4n) is 1.17. The van der Waals surface area contributed by atoms with Gasteiger partial charge in [0, 0.05) is 19.6 Å². The third kappa shape index (κ3) is 1.69. The first-order valence-electron chi connectivity index (χ1n) is 3.59. The second-order valence-electron chi connectivity index (χ2n) is 2.68. The normalized spacial score (nSPS) is 27.8. The van der Waals surface area contributed by atoms with Crippen LogP contribution in [0.1, 0.15) is 0 Å². The van der Waals surface area contributed by atoms with Crippen LogP contribution in [-0.2, 0) is 0 Å². The Hall–Kier alpha value is -0.590. The number of nitrogens with zero attached hydrogens (tertiary/aromatic N) is 2. The Balaban J connectivity index is 2.34. The van der Waals surface area contributed by atoms with Crippen molar-refractivity contribution in [3.05, 3.63) is 11.4 Å². The molecule has 1 fully saturated rings. The van der Waals surface area contributed by atoms with E-state index < -0.39 is 0 Å². The Morgan fingerprint density at radius 3 is 3.20 bits per heavy atom. The van der Waals surface area contributed by atoms with E-state index >= 15 is 0 Å². The van der Waals surface area contributed by atoms with E-state index in [-0.39, 0.29) is 0 Å². The van der Waals surface area contributed by atoms with Crippen LogP contribution in [0.4, 0.5) is 0 Å². The molecule has 0 unspecified atom stereocenters. The summed E-state index contributed by atoms with van der Waals surface area (Å²) < 4.78 is 0. The first-order valence-corrected chi connectivity index (χ1v) is 3.59. The van der Waals surface area contributed by atoms with Crippen LogP contribution in [-0.4, -0.2) is 44.2 Å². The summed E-state index contributed by atoms with van der Waals surface area (Å²) in [7, 11) is 2.08. The van der Waals surface area contributed by atoms with E-state index in [0.717, 1.165) is 19.6 Å². The van der Waals surface area contributed by atoms with Gasteiger partial charge in [-0.2, -0.15) is 0 Å². The Bertz CT molecular complexity index is 138. The quantitative estimate of drug-likeness (QED) is 0.508. The largest absolute Gasteiger partial charge is 0.315 e. The molecule has 0 aromatic heterocycles. The summed E-state index contributed by atoms with van der Waals surface area (Å²) in [5.74, 6) is 0. The summed E-state index contributed by atoms with van der Waals surface area (Å²) in [5.41, 5.74) is 0. The van der Waals surface area contributed by atoms with Gasteiger partial charge in [0.15, 0.2) is 0 Å². The fraction of sp³-hybridized carbons (Fsp3) is 0.857. The molecule has 1 heterocycles. The zero-order chi connectivity index (χ0) is 7.40. The molecule has 1 saturated heterocycles. The minimum absolute atomic E-state index is 0.436. The zero-order valence-corrected chi connectivity index (χ0v) is 6.30. The van der Waals surface area contributed by atoms with Crippen LogP contribution in [0.3, 0.4) is 0 Å². The highest BCUT2D eigenvalue weighted by Crippen LogP contribution is 1.99. The number of hydrogen-bond donors (Lipinski definition) is 1. The fourth-order valence-corrected chi connectivity index (χ4v) is 1.17. The number of likely N-dealkylation sites (N-methyl/N-ethyl adjacent to an activating group) is 1. The first kappa shape index (κ1) is 7.52. The van der Waals surface area contributed by atoms with Gasteiger partial charge in [-0.3, -0.25) is 4.90 Å². The molecule has 10 heavy (non-hydrogen) atoms. The number of rotatable bonds is 1. The topological polar surface area (TPSA) is 19.6 Å². The maximum Gasteiger partial charge on any atom is 0.231 e. The van der Waals surface area contributed by atoms with Gasteiger partial charge in [-0.1, -0.05) is 0 Å². The van der Waals surface area contributed by atoms with Gasteiger partial charge in [0.2, 0.25) is 6.54 Å². The van der Waals surface area contributed by atoms with E-state index in [1.165, 1.54) is 0 Å². The van der Waals surface area contributed by atoms with Crippen LogP contribution in [0.2, 0.25) is 0 Å². The minimum atomic E-state index is 0.436. The lowest BCUT2D eigenvalue weighted by molar-refractivity contribution is 0.212. The highest BCUT2D eigenvalue weighted by molar-refractivity contribution is 4.83. The van der Waals surface area contributed by atoms with Gasteiger partial charge in [-0.15, -0.1) is 0 Å². The summed E-state index contributed by atoms with van der Waals surface area (Å²) in [5, 5.41) is 3.27. The maximum absolute atomic E-state index is 6.70. The molecule has 0 aromatic carbocycles. The Morgan fingerprint density at radius 1 is 1.80 bits per heavy atom. The molecule has 1 atom stereocenters. The van der Waals surface area contributed by atoms with Crippen molar-refractivity contribution >= 4 is 0 Å². The number of piperazine rings is 1. The van der Waals surface area contributed by atoms with E-state index in [9.17, 15) is 0 Å². The van der Waals surface area contributed by atoms with Crippen molar-refractivity contribution in [2.75, 3.05) is 33.2 Å². The Labute approximate surface area is 61.8 Å². The second kappa shape index (κ2) is 3.55. The average molecular weight is 139 g/mol. The average Bonchev–Trinajstić information content (AvgIpc) is 1.94. The van der Waals surface area contributed by atoms with Gasteiger partial charge in [-0.25, -0.2) is 6.57 Å². The van der Waals surface area contributed by atoms with E-state index in [1.807, 2.05) is 0 Å². The molecule has 3 nitrogen and oxygen atoms in total. The Kier molecular flexibility index (Phi) is 2.67. The van der Waals surface area contributed by atoms with Gasteiger partial charge >= 0.3 is 0 Å². The molecule has 1 aliphatic rings. The van der Waals surface area contributed by atoms with Gasteiger partial charge in [0.25, 0.3) is 0 Å². The lowest BCUT2D eigenvalue weighted by Gasteiger charge is -2.29. The maximum atomic E-state index is 6.70. The molecule has 0 aromatic rings. The molecule has 0 amide bonds. The summed E-state index contributed by atoms with van der Waals surface area (Å²) in [6, 6.07) is 0.436. The van der Waals surface area contributed by atoms with Crippen molar-refractivity contribution in [3.8, 4) is 0 Å². The second-order valence-corrected chi connectivity index (χ2v) is 2.68. The number of nitrogens with one attached hydrogen (secondary N) is 1. The standard InChI is InChI=1S/C7H13N3/c1-8-5-7-6-9-3-4-10(7)2/h7,9H,3-6H2,2H3/t7-/m0/s1. The van der Waals surface area contributed by atoms with E-state index in [0.29, 0.717) is 12.6 Å². The van der Waals surface area contributed by atoms with Gasteiger partial charge in [0.1, 0.15) is 0 Å². The highest BCUT2D eigenvalue weighted by atomic mass is 15.2. The highest BCUT2D eigenvalue weighted by Gasteiger charge is 2.19. The smallest absolute Gasteiger partial charge is 0.231 e. The van der Waals surface area contributed by atoms with Crippen LogP contribution in [0.5, 0.6) is 0 Å². The van der Waals surface area contributed by atoms with Crippen molar-refractivity contribution in [3.63, 3.8) is 0 Å². The van der Waals surface area contributed by atoms with Crippen molar-refractivity contribution in [2.45, 2.75) is 6.04 Å². The molecule has 3 heteroatoms. The van der Waals surface area contributed by atoms with Crippen LogP contribution in [0.15, 0.2) is 0 Å². The van der Waals surface area contributed by atoms with Crippen molar-refractivity contribution in [2.24, 2.45) is 0 Å². The summed E-state index contributed by atoms with van der Waals surface area (Å²) in [4.78, 5) is 5.62. The van der Waals surface area contributed by atoms with Crippen molar-refractivity contribution < 1.29 is 0 Å². The molecule has 0 spiro atoms. The lowest BCUT2D eigenvalue weighted by atomic mass is 10.2. The molecule has 0 saturated carbocycles. The molecule has 0 radical (unpaired) electrons. The van der Waals surface area contributed by atoms with E-state index in [2.05, 4.69) is 22.1 Å². The van der Waals surface area contributed by atoms with Gasteiger partial charge in [-0.05, 0) is 7.05 Å². The summed E-state index contributed by atoms with van der Waals surface area (Å²) >= 11 is 0. The lowest BCUT2D eigenvalue weighted by Crippen LogP contribution is -2.50.